The summed E-state index contributed by atoms with van der Waals surface area (Å²) in [5.41, 5.74) is 3.04. The molecular formula is C16H17O2P. The summed E-state index contributed by atoms with van der Waals surface area (Å²) < 4.78 is 5.37. The molecule has 2 aromatic carbocycles. The van der Waals surface area contributed by atoms with E-state index in [9.17, 15) is 4.79 Å². The minimum absolute atomic E-state index is 0.486. The maximum absolute atomic E-state index is 11.0. The lowest BCUT2D eigenvalue weighted by molar-refractivity contribution is 0.112. The SMILES string of the molecule is COc1c(C)cc(Pc2ccccc2C=O)cc1C. The zero-order valence-electron chi connectivity index (χ0n) is 11.4. The topological polar surface area (TPSA) is 26.3 Å². The Kier molecular flexibility index (Phi) is 4.34. The second-order valence-electron chi connectivity index (χ2n) is 4.47. The van der Waals surface area contributed by atoms with Gasteiger partial charge in [0, 0.05) is 5.56 Å². The van der Waals surface area contributed by atoms with Crippen LogP contribution in [0.2, 0.25) is 0 Å². The monoisotopic (exact) mass is 272 g/mol. The van der Waals surface area contributed by atoms with Gasteiger partial charge in [-0.05, 0) is 47.7 Å². The third-order valence-electron chi connectivity index (χ3n) is 3.03. The molecule has 1 unspecified atom stereocenters. The van der Waals surface area contributed by atoms with E-state index in [1.807, 2.05) is 38.1 Å². The van der Waals surface area contributed by atoms with E-state index in [1.54, 1.807) is 7.11 Å². The van der Waals surface area contributed by atoms with Crippen LogP contribution < -0.4 is 15.3 Å². The lowest BCUT2D eigenvalue weighted by Gasteiger charge is -2.12. The minimum atomic E-state index is 0.486. The van der Waals surface area contributed by atoms with Crippen LogP contribution in [0.3, 0.4) is 0 Å². The molecule has 0 aliphatic carbocycles. The standard InChI is InChI=1S/C16H17O2P/c1-11-8-14(9-12(2)16(11)18-3)19-15-7-5-4-6-13(15)10-17/h4-10,19H,1-3H3. The summed E-state index contributed by atoms with van der Waals surface area (Å²) >= 11 is 0. The highest BCUT2D eigenvalue weighted by Crippen LogP contribution is 2.24. The predicted molar refractivity (Wildman–Crippen MR) is 81.9 cm³/mol. The zero-order valence-corrected chi connectivity index (χ0v) is 12.4. The number of methoxy groups -OCH3 is 1. The second kappa shape index (κ2) is 5.99. The molecule has 3 heteroatoms. The maximum Gasteiger partial charge on any atom is 0.150 e. The molecule has 2 aromatic rings. The van der Waals surface area contributed by atoms with Gasteiger partial charge in [0.2, 0.25) is 0 Å². The van der Waals surface area contributed by atoms with Gasteiger partial charge in [-0.25, -0.2) is 0 Å². The van der Waals surface area contributed by atoms with E-state index >= 15 is 0 Å². The number of benzene rings is 2. The van der Waals surface area contributed by atoms with Crippen LogP contribution in [0, 0.1) is 13.8 Å². The van der Waals surface area contributed by atoms with Gasteiger partial charge in [-0.3, -0.25) is 4.79 Å². The fraction of sp³-hybridized carbons (Fsp3) is 0.188. The highest BCUT2D eigenvalue weighted by Gasteiger charge is 2.07. The van der Waals surface area contributed by atoms with Crippen LogP contribution in [0.15, 0.2) is 36.4 Å². The molecule has 19 heavy (non-hydrogen) atoms. The first-order valence-electron chi connectivity index (χ1n) is 6.12. The summed E-state index contributed by atoms with van der Waals surface area (Å²) in [6.45, 7) is 4.09. The Morgan fingerprint density at radius 1 is 1.11 bits per heavy atom. The Balaban J connectivity index is 2.36. The van der Waals surface area contributed by atoms with Gasteiger partial charge < -0.3 is 4.74 Å². The molecule has 0 aromatic heterocycles. The molecule has 0 heterocycles. The van der Waals surface area contributed by atoms with Gasteiger partial charge in [-0.2, -0.15) is 0 Å². The van der Waals surface area contributed by atoms with E-state index in [2.05, 4.69) is 12.1 Å². The fourth-order valence-electron chi connectivity index (χ4n) is 2.21. The maximum atomic E-state index is 11.0. The number of hydrogen-bond donors (Lipinski definition) is 0. The van der Waals surface area contributed by atoms with Gasteiger partial charge in [0.15, 0.2) is 6.29 Å². The van der Waals surface area contributed by atoms with Crippen molar-refractivity contribution < 1.29 is 9.53 Å². The summed E-state index contributed by atoms with van der Waals surface area (Å²) in [5.74, 6) is 0.942. The molecule has 98 valence electrons. The molecule has 2 rings (SSSR count). The average Bonchev–Trinajstić information content (AvgIpc) is 2.39. The lowest BCUT2D eigenvalue weighted by Crippen LogP contribution is -2.09. The van der Waals surface area contributed by atoms with E-state index < -0.39 is 0 Å². The van der Waals surface area contributed by atoms with Crippen molar-refractivity contribution in [3.05, 3.63) is 53.1 Å². The number of rotatable bonds is 4. The normalized spacial score (nSPS) is 10.9. The number of aldehydes is 1. The molecule has 0 saturated carbocycles. The lowest BCUT2D eigenvalue weighted by atomic mass is 10.1. The highest BCUT2D eigenvalue weighted by molar-refractivity contribution is 7.55. The molecule has 0 saturated heterocycles. The number of ether oxygens (including phenoxy) is 1. The van der Waals surface area contributed by atoms with E-state index in [1.165, 1.54) is 5.30 Å². The summed E-state index contributed by atoms with van der Waals surface area (Å²) in [6.07, 6.45) is 0.922. The Hall–Kier alpha value is -1.66. The summed E-state index contributed by atoms with van der Waals surface area (Å²) in [5, 5.41) is 2.31. The van der Waals surface area contributed by atoms with Gasteiger partial charge >= 0.3 is 0 Å². The largest absolute Gasteiger partial charge is 0.496 e. The first-order valence-corrected chi connectivity index (χ1v) is 7.12. The Morgan fingerprint density at radius 3 is 2.32 bits per heavy atom. The first kappa shape index (κ1) is 13.8. The van der Waals surface area contributed by atoms with Gasteiger partial charge in [0.25, 0.3) is 0 Å². The second-order valence-corrected chi connectivity index (χ2v) is 5.84. The van der Waals surface area contributed by atoms with E-state index in [0.29, 0.717) is 8.58 Å². The number of aryl methyl sites for hydroxylation is 2. The van der Waals surface area contributed by atoms with Crippen molar-refractivity contribution in [2.75, 3.05) is 7.11 Å². The third-order valence-corrected chi connectivity index (χ3v) is 4.33. The van der Waals surface area contributed by atoms with E-state index in [0.717, 1.165) is 34.0 Å². The Morgan fingerprint density at radius 2 is 1.74 bits per heavy atom. The molecule has 0 fully saturated rings. The van der Waals surface area contributed by atoms with Crippen LogP contribution in [0.4, 0.5) is 0 Å². The van der Waals surface area contributed by atoms with Crippen LogP contribution in [-0.2, 0) is 0 Å². The van der Waals surface area contributed by atoms with E-state index in [4.69, 9.17) is 4.74 Å². The van der Waals surface area contributed by atoms with Crippen LogP contribution in [0.25, 0.3) is 0 Å². The van der Waals surface area contributed by atoms with E-state index in [-0.39, 0.29) is 0 Å². The van der Waals surface area contributed by atoms with Crippen molar-refractivity contribution in [2.24, 2.45) is 0 Å². The average molecular weight is 272 g/mol. The predicted octanol–water partition coefficient (Wildman–Crippen LogP) is 2.75. The molecular weight excluding hydrogens is 255 g/mol. The van der Waals surface area contributed by atoms with Crippen LogP contribution in [0.5, 0.6) is 5.75 Å². The molecule has 0 N–H and O–H groups in total. The minimum Gasteiger partial charge on any atom is -0.496 e. The molecule has 0 radical (unpaired) electrons. The Bertz CT molecular complexity index is 582. The quantitative estimate of drug-likeness (QED) is 0.632. The number of carbonyl (C=O) groups is 1. The van der Waals surface area contributed by atoms with Crippen molar-refractivity contribution in [1.29, 1.82) is 0 Å². The molecule has 0 amide bonds. The van der Waals surface area contributed by atoms with Crippen molar-refractivity contribution in [3.63, 3.8) is 0 Å². The summed E-state index contributed by atoms with van der Waals surface area (Å²) in [4.78, 5) is 11.0. The van der Waals surface area contributed by atoms with Gasteiger partial charge in [0.1, 0.15) is 5.75 Å². The van der Waals surface area contributed by atoms with Gasteiger partial charge in [0.05, 0.1) is 7.11 Å². The van der Waals surface area contributed by atoms with Crippen LogP contribution in [0.1, 0.15) is 21.5 Å². The van der Waals surface area contributed by atoms with Crippen molar-refractivity contribution in [2.45, 2.75) is 13.8 Å². The number of carbonyl (C=O) groups excluding carboxylic acids is 1. The summed E-state index contributed by atoms with van der Waals surface area (Å²) in [7, 11) is 2.18. The first-order chi connectivity index (χ1) is 9.15. The molecule has 2 nitrogen and oxygen atoms in total. The van der Waals surface area contributed by atoms with Crippen molar-refractivity contribution in [3.8, 4) is 5.75 Å². The molecule has 1 atom stereocenters. The smallest absolute Gasteiger partial charge is 0.150 e. The van der Waals surface area contributed by atoms with Gasteiger partial charge in [-0.15, -0.1) is 0 Å². The molecule has 0 spiro atoms. The summed E-state index contributed by atoms with van der Waals surface area (Å²) in [6, 6.07) is 12.0. The highest BCUT2D eigenvalue weighted by atomic mass is 31.1. The van der Waals surface area contributed by atoms with Crippen LogP contribution in [-0.4, -0.2) is 13.4 Å². The molecule has 0 aliphatic heterocycles. The number of hydrogen-bond acceptors (Lipinski definition) is 2. The fourth-order valence-corrected chi connectivity index (χ4v) is 3.57. The third kappa shape index (κ3) is 3.02. The van der Waals surface area contributed by atoms with Crippen molar-refractivity contribution in [1.82, 2.24) is 0 Å². The van der Waals surface area contributed by atoms with Gasteiger partial charge in [-0.1, -0.05) is 32.8 Å². The molecule has 0 bridgehead atoms. The van der Waals surface area contributed by atoms with Crippen LogP contribution >= 0.6 is 8.58 Å². The van der Waals surface area contributed by atoms with Crippen molar-refractivity contribution >= 4 is 25.5 Å². The zero-order chi connectivity index (χ0) is 13.8. The Labute approximate surface area is 115 Å². The molecule has 0 aliphatic rings.